The summed E-state index contributed by atoms with van der Waals surface area (Å²) in [6, 6.07) is 3.67. The lowest BCUT2D eigenvalue weighted by atomic mass is 10.2. The molecule has 3 heterocycles. The van der Waals surface area contributed by atoms with E-state index < -0.39 is 9.84 Å². The van der Waals surface area contributed by atoms with Gasteiger partial charge in [0.15, 0.2) is 14.9 Å². The van der Waals surface area contributed by atoms with Crippen LogP contribution in [0.2, 0.25) is 0 Å². The number of hydrogen-bond donors (Lipinski definition) is 1. The van der Waals surface area contributed by atoms with Crippen molar-refractivity contribution >= 4 is 27.2 Å². The van der Waals surface area contributed by atoms with Crippen molar-refractivity contribution in [3.8, 4) is 0 Å². The summed E-state index contributed by atoms with van der Waals surface area (Å²) in [6.07, 6.45) is 2.26. The molecule has 1 fully saturated rings. The van der Waals surface area contributed by atoms with Gasteiger partial charge in [-0.3, -0.25) is 4.68 Å². The molecule has 0 unspecified atom stereocenters. The Balaban J connectivity index is 1.66. The Morgan fingerprint density at radius 2 is 2.27 bits per heavy atom. The van der Waals surface area contributed by atoms with E-state index in [2.05, 4.69) is 10.4 Å². The van der Waals surface area contributed by atoms with Crippen LogP contribution in [0.25, 0.3) is 0 Å². The first-order valence-corrected chi connectivity index (χ1v) is 10.8. The third kappa shape index (κ3) is 4.09. The lowest BCUT2D eigenvalue weighted by molar-refractivity contribution is 0.463. The maximum absolute atomic E-state index is 11.8. The summed E-state index contributed by atoms with van der Waals surface area (Å²) in [7, 11) is -1.02. The maximum atomic E-state index is 11.8. The summed E-state index contributed by atoms with van der Waals surface area (Å²) in [5.74, 6) is 1.24. The quantitative estimate of drug-likeness (QED) is 0.774. The van der Waals surface area contributed by atoms with E-state index in [9.17, 15) is 8.42 Å². The van der Waals surface area contributed by atoms with Gasteiger partial charge in [0, 0.05) is 24.8 Å². The van der Waals surface area contributed by atoms with Crippen molar-refractivity contribution in [2.24, 2.45) is 0 Å². The topological polar surface area (TPSA) is 80.4 Å². The number of aryl methyl sites for hydroxylation is 1. The third-order valence-corrected chi connectivity index (χ3v) is 6.97. The highest BCUT2D eigenvalue weighted by Crippen LogP contribution is 2.27. The molecule has 1 aliphatic rings. The minimum Gasteiger partial charge on any atom is -0.467 e. The van der Waals surface area contributed by atoms with Crippen LogP contribution in [0.4, 0.5) is 0 Å². The Kier molecular flexibility index (Phi) is 5.38. The molecule has 1 saturated heterocycles. The molecule has 2 aromatic rings. The second-order valence-electron chi connectivity index (χ2n) is 6.74. The van der Waals surface area contributed by atoms with Gasteiger partial charge in [-0.15, -0.1) is 0 Å². The van der Waals surface area contributed by atoms with E-state index in [4.69, 9.17) is 16.6 Å². The molecule has 1 aliphatic heterocycles. The minimum atomic E-state index is -2.94. The van der Waals surface area contributed by atoms with Crippen LogP contribution in [-0.4, -0.2) is 46.8 Å². The van der Waals surface area contributed by atoms with Crippen molar-refractivity contribution < 1.29 is 12.8 Å². The molecule has 2 aromatic heterocycles. The second-order valence-corrected chi connectivity index (χ2v) is 9.36. The average Bonchev–Trinajstić information content (AvgIpc) is 3.28. The number of thiocarbonyl (C=S) groups is 1. The zero-order chi connectivity index (χ0) is 18.9. The third-order valence-electron chi connectivity index (χ3n) is 4.77. The average molecular weight is 397 g/mol. The zero-order valence-electron chi connectivity index (χ0n) is 15.2. The SMILES string of the molecule is Cc1nn([C@@H]2CCS(=O)(=O)C2)c(C)c1CN(C)C(=S)NCc1ccco1. The Morgan fingerprint density at radius 1 is 1.50 bits per heavy atom. The van der Waals surface area contributed by atoms with Crippen LogP contribution in [0.3, 0.4) is 0 Å². The first-order valence-electron chi connectivity index (χ1n) is 8.53. The smallest absolute Gasteiger partial charge is 0.169 e. The van der Waals surface area contributed by atoms with Crippen molar-refractivity contribution in [2.75, 3.05) is 18.6 Å². The highest BCUT2D eigenvalue weighted by molar-refractivity contribution is 7.91. The van der Waals surface area contributed by atoms with Crippen molar-refractivity contribution in [2.45, 2.75) is 39.4 Å². The van der Waals surface area contributed by atoms with Crippen molar-refractivity contribution in [1.29, 1.82) is 0 Å². The molecule has 0 bridgehead atoms. The number of furan rings is 1. The predicted molar refractivity (Wildman–Crippen MR) is 104 cm³/mol. The van der Waals surface area contributed by atoms with E-state index >= 15 is 0 Å². The molecular weight excluding hydrogens is 372 g/mol. The Bertz CT molecular complexity index is 888. The molecule has 1 N–H and O–H groups in total. The first kappa shape index (κ1) is 18.9. The van der Waals surface area contributed by atoms with Gasteiger partial charge in [-0.25, -0.2) is 8.42 Å². The summed E-state index contributed by atoms with van der Waals surface area (Å²) in [4.78, 5) is 1.95. The number of sulfone groups is 1. The van der Waals surface area contributed by atoms with Crippen LogP contribution < -0.4 is 5.32 Å². The van der Waals surface area contributed by atoms with E-state index in [1.807, 2.05) is 42.6 Å². The van der Waals surface area contributed by atoms with Gasteiger partial charge in [0.05, 0.1) is 36.0 Å². The number of hydrogen-bond acceptors (Lipinski definition) is 5. The van der Waals surface area contributed by atoms with Gasteiger partial charge < -0.3 is 14.6 Å². The Morgan fingerprint density at radius 3 is 2.88 bits per heavy atom. The lowest BCUT2D eigenvalue weighted by Gasteiger charge is -2.21. The fraction of sp³-hybridized carbons (Fsp3) is 0.529. The largest absolute Gasteiger partial charge is 0.467 e. The standard InChI is InChI=1S/C17H24N4O3S2/c1-12-16(10-20(3)17(25)18-9-15-5-4-7-24-15)13(2)21(19-12)14-6-8-26(22,23)11-14/h4-5,7,14H,6,8-11H2,1-3H3,(H,18,25)/t14-/m1/s1. The van der Waals surface area contributed by atoms with Crippen molar-refractivity contribution in [3.63, 3.8) is 0 Å². The Hall–Kier alpha value is -1.87. The molecule has 1 atom stereocenters. The van der Waals surface area contributed by atoms with Crippen LogP contribution in [0.1, 0.15) is 35.2 Å². The van der Waals surface area contributed by atoms with E-state index in [0.29, 0.717) is 24.6 Å². The molecule has 26 heavy (non-hydrogen) atoms. The van der Waals surface area contributed by atoms with Gasteiger partial charge in [0.25, 0.3) is 0 Å². The Labute approximate surface area is 159 Å². The normalized spacial score (nSPS) is 18.8. The predicted octanol–water partition coefficient (Wildman–Crippen LogP) is 1.96. The van der Waals surface area contributed by atoms with Gasteiger partial charge in [-0.2, -0.15) is 5.10 Å². The van der Waals surface area contributed by atoms with E-state index in [1.165, 1.54) is 0 Å². The molecule has 9 heteroatoms. The van der Waals surface area contributed by atoms with Crippen LogP contribution in [-0.2, 0) is 22.9 Å². The van der Waals surface area contributed by atoms with E-state index in [1.54, 1.807) is 6.26 Å². The molecule has 3 rings (SSSR count). The molecule has 0 amide bonds. The van der Waals surface area contributed by atoms with E-state index in [0.717, 1.165) is 22.7 Å². The van der Waals surface area contributed by atoms with Crippen LogP contribution in [0.5, 0.6) is 0 Å². The number of nitrogens with zero attached hydrogens (tertiary/aromatic N) is 3. The molecule has 0 aliphatic carbocycles. The molecule has 0 spiro atoms. The summed E-state index contributed by atoms with van der Waals surface area (Å²) >= 11 is 5.45. The maximum Gasteiger partial charge on any atom is 0.169 e. The zero-order valence-corrected chi connectivity index (χ0v) is 16.9. The molecule has 0 radical (unpaired) electrons. The molecule has 0 saturated carbocycles. The van der Waals surface area contributed by atoms with E-state index in [-0.39, 0.29) is 17.5 Å². The van der Waals surface area contributed by atoms with Gasteiger partial charge >= 0.3 is 0 Å². The number of rotatable bonds is 5. The van der Waals surface area contributed by atoms with Gasteiger partial charge in [-0.05, 0) is 44.6 Å². The highest BCUT2D eigenvalue weighted by atomic mass is 32.2. The second kappa shape index (κ2) is 7.40. The monoisotopic (exact) mass is 396 g/mol. The fourth-order valence-electron chi connectivity index (χ4n) is 3.27. The van der Waals surface area contributed by atoms with Crippen LogP contribution >= 0.6 is 12.2 Å². The molecule has 0 aromatic carbocycles. The molecule has 7 nitrogen and oxygen atoms in total. The fourth-order valence-corrected chi connectivity index (χ4v) is 5.10. The minimum absolute atomic E-state index is 0.0678. The van der Waals surface area contributed by atoms with Gasteiger partial charge in [0.1, 0.15) is 5.76 Å². The molecule has 142 valence electrons. The summed E-state index contributed by atoms with van der Waals surface area (Å²) < 4.78 is 30.7. The molecular formula is C17H24N4O3S2. The van der Waals surface area contributed by atoms with Crippen molar-refractivity contribution in [1.82, 2.24) is 20.0 Å². The van der Waals surface area contributed by atoms with Gasteiger partial charge in [-0.1, -0.05) is 0 Å². The summed E-state index contributed by atoms with van der Waals surface area (Å²) in [5.41, 5.74) is 3.00. The summed E-state index contributed by atoms with van der Waals surface area (Å²) in [6.45, 7) is 5.09. The number of aromatic nitrogens is 2. The van der Waals surface area contributed by atoms with Crippen LogP contribution in [0, 0.1) is 13.8 Å². The van der Waals surface area contributed by atoms with Crippen LogP contribution in [0.15, 0.2) is 22.8 Å². The van der Waals surface area contributed by atoms with Gasteiger partial charge in [0.2, 0.25) is 0 Å². The summed E-state index contributed by atoms with van der Waals surface area (Å²) in [5, 5.41) is 8.40. The number of nitrogens with one attached hydrogen (secondary N) is 1. The van der Waals surface area contributed by atoms with Crippen molar-refractivity contribution in [3.05, 3.63) is 41.1 Å². The first-order chi connectivity index (χ1) is 12.3. The highest BCUT2D eigenvalue weighted by Gasteiger charge is 2.31. The lowest BCUT2D eigenvalue weighted by Crippen LogP contribution is -2.36.